The SMILES string of the molecule is O=C(NCc1cc(C2CC2)ccc1F)Nc1cnn2cccnc12. The molecule has 7 heteroatoms. The number of nitrogens with zero attached hydrogens (tertiary/aromatic N) is 3. The van der Waals surface area contributed by atoms with Crippen molar-refractivity contribution in [2.24, 2.45) is 0 Å². The summed E-state index contributed by atoms with van der Waals surface area (Å²) in [6, 6.07) is 6.45. The van der Waals surface area contributed by atoms with E-state index in [9.17, 15) is 9.18 Å². The number of aromatic nitrogens is 3. The number of rotatable bonds is 4. The van der Waals surface area contributed by atoms with E-state index in [1.54, 1.807) is 23.0 Å². The number of anilines is 1. The molecule has 2 amide bonds. The maximum atomic E-state index is 13.9. The highest BCUT2D eigenvalue weighted by molar-refractivity contribution is 5.92. The summed E-state index contributed by atoms with van der Waals surface area (Å²) in [4.78, 5) is 16.2. The monoisotopic (exact) mass is 325 g/mol. The van der Waals surface area contributed by atoms with Gasteiger partial charge in [0.1, 0.15) is 11.5 Å². The lowest BCUT2D eigenvalue weighted by molar-refractivity contribution is 0.251. The molecule has 2 N–H and O–H groups in total. The maximum absolute atomic E-state index is 13.9. The van der Waals surface area contributed by atoms with Crippen molar-refractivity contribution in [2.45, 2.75) is 25.3 Å². The summed E-state index contributed by atoms with van der Waals surface area (Å²) in [6.45, 7) is 0.130. The molecule has 1 aliphatic rings. The third-order valence-corrected chi connectivity index (χ3v) is 4.09. The predicted octanol–water partition coefficient (Wildman–Crippen LogP) is 3.07. The summed E-state index contributed by atoms with van der Waals surface area (Å²) < 4.78 is 15.5. The highest BCUT2D eigenvalue weighted by Crippen LogP contribution is 2.40. The number of fused-ring (bicyclic) bond motifs is 1. The zero-order valence-corrected chi connectivity index (χ0v) is 12.9. The minimum Gasteiger partial charge on any atom is -0.334 e. The minimum absolute atomic E-state index is 0.130. The van der Waals surface area contributed by atoms with E-state index in [4.69, 9.17) is 0 Å². The molecule has 0 atom stereocenters. The van der Waals surface area contributed by atoms with Gasteiger partial charge in [0.15, 0.2) is 5.65 Å². The molecule has 3 aromatic rings. The summed E-state index contributed by atoms with van der Waals surface area (Å²) in [5.74, 6) is 0.236. The Morgan fingerprint density at radius 3 is 3.08 bits per heavy atom. The van der Waals surface area contributed by atoms with Crippen LogP contribution in [0.25, 0.3) is 5.65 Å². The summed E-state index contributed by atoms with van der Waals surface area (Å²) in [7, 11) is 0. The molecule has 0 spiro atoms. The first-order chi connectivity index (χ1) is 11.7. The average molecular weight is 325 g/mol. The van der Waals surface area contributed by atoms with E-state index in [0.29, 0.717) is 22.8 Å². The number of nitrogens with one attached hydrogen (secondary N) is 2. The number of carbonyl (C=O) groups is 1. The van der Waals surface area contributed by atoms with Crippen molar-refractivity contribution in [2.75, 3.05) is 5.32 Å². The van der Waals surface area contributed by atoms with Gasteiger partial charge in [-0.05, 0) is 36.5 Å². The van der Waals surface area contributed by atoms with Crippen molar-refractivity contribution in [3.63, 3.8) is 0 Å². The number of amides is 2. The van der Waals surface area contributed by atoms with Crippen LogP contribution in [0.1, 0.15) is 29.9 Å². The van der Waals surface area contributed by atoms with Gasteiger partial charge < -0.3 is 10.6 Å². The predicted molar refractivity (Wildman–Crippen MR) is 87.2 cm³/mol. The smallest absolute Gasteiger partial charge is 0.319 e. The first kappa shape index (κ1) is 14.6. The summed E-state index contributed by atoms with van der Waals surface area (Å²) >= 11 is 0. The van der Waals surface area contributed by atoms with Crippen LogP contribution in [-0.4, -0.2) is 20.6 Å². The van der Waals surface area contributed by atoms with E-state index in [2.05, 4.69) is 20.7 Å². The van der Waals surface area contributed by atoms with Gasteiger partial charge in [0.2, 0.25) is 0 Å². The van der Waals surface area contributed by atoms with E-state index in [1.807, 2.05) is 12.1 Å². The number of benzene rings is 1. The van der Waals surface area contributed by atoms with E-state index in [0.717, 1.165) is 18.4 Å². The van der Waals surface area contributed by atoms with Gasteiger partial charge in [-0.3, -0.25) is 0 Å². The molecule has 0 aliphatic heterocycles. The Morgan fingerprint density at radius 1 is 1.38 bits per heavy atom. The van der Waals surface area contributed by atoms with Crippen molar-refractivity contribution in [1.29, 1.82) is 0 Å². The van der Waals surface area contributed by atoms with Crippen molar-refractivity contribution >= 4 is 17.4 Å². The zero-order chi connectivity index (χ0) is 16.5. The molecular formula is C17H16FN5O. The highest BCUT2D eigenvalue weighted by atomic mass is 19.1. The molecule has 122 valence electrons. The van der Waals surface area contributed by atoms with E-state index >= 15 is 0 Å². The van der Waals surface area contributed by atoms with Gasteiger partial charge in [-0.25, -0.2) is 18.7 Å². The average Bonchev–Trinajstić information content (AvgIpc) is 3.37. The van der Waals surface area contributed by atoms with Gasteiger partial charge in [0, 0.05) is 24.5 Å². The van der Waals surface area contributed by atoms with Gasteiger partial charge >= 0.3 is 6.03 Å². The Bertz CT molecular complexity index is 903. The standard InChI is InChI=1S/C17H16FN5O/c18-14-5-4-12(11-2-3-11)8-13(14)9-20-17(24)22-15-10-21-23-7-1-6-19-16(15)23/h1,4-8,10-11H,2-3,9H2,(H2,20,22,24). The second kappa shape index (κ2) is 5.92. The van der Waals surface area contributed by atoms with Crippen LogP contribution in [0, 0.1) is 5.82 Å². The Balaban J connectivity index is 1.42. The topological polar surface area (TPSA) is 71.3 Å². The van der Waals surface area contributed by atoms with Crippen LogP contribution in [0.4, 0.5) is 14.9 Å². The summed E-state index contributed by atoms with van der Waals surface area (Å²) in [5, 5.41) is 9.45. The Morgan fingerprint density at radius 2 is 2.25 bits per heavy atom. The number of hydrogen-bond donors (Lipinski definition) is 2. The van der Waals surface area contributed by atoms with Crippen LogP contribution in [0.3, 0.4) is 0 Å². The largest absolute Gasteiger partial charge is 0.334 e. The summed E-state index contributed by atoms with van der Waals surface area (Å²) in [5.41, 5.74) is 2.68. The fourth-order valence-corrected chi connectivity index (χ4v) is 2.66. The quantitative estimate of drug-likeness (QED) is 0.774. The molecule has 2 heterocycles. The molecule has 1 saturated carbocycles. The van der Waals surface area contributed by atoms with Crippen molar-refractivity contribution in [3.8, 4) is 0 Å². The number of hydrogen-bond acceptors (Lipinski definition) is 3. The normalized spacial score (nSPS) is 13.9. The molecule has 0 unspecified atom stereocenters. The number of carbonyl (C=O) groups excluding carboxylic acids is 1. The molecular weight excluding hydrogens is 309 g/mol. The summed E-state index contributed by atoms with van der Waals surface area (Å²) in [6.07, 6.45) is 7.20. The molecule has 1 fully saturated rings. The van der Waals surface area contributed by atoms with E-state index in [-0.39, 0.29) is 12.4 Å². The highest BCUT2D eigenvalue weighted by Gasteiger charge is 2.24. The molecule has 0 bridgehead atoms. The lowest BCUT2D eigenvalue weighted by Gasteiger charge is -2.09. The Labute approximate surface area is 137 Å². The van der Waals surface area contributed by atoms with E-state index < -0.39 is 6.03 Å². The minimum atomic E-state index is -0.424. The van der Waals surface area contributed by atoms with Gasteiger partial charge in [0.25, 0.3) is 0 Å². The lowest BCUT2D eigenvalue weighted by atomic mass is 10.1. The van der Waals surface area contributed by atoms with Gasteiger partial charge in [0.05, 0.1) is 6.20 Å². The lowest BCUT2D eigenvalue weighted by Crippen LogP contribution is -2.28. The third-order valence-electron chi connectivity index (χ3n) is 4.09. The number of halogens is 1. The van der Waals surface area contributed by atoms with E-state index in [1.165, 1.54) is 12.3 Å². The molecule has 1 aliphatic carbocycles. The van der Waals surface area contributed by atoms with Crippen LogP contribution in [-0.2, 0) is 6.54 Å². The molecule has 1 aromatic carbocycles. The third kappa shape index (κ3) is 2.92. The first-order valence-electron chi connectivity index (χ1n) is 7.82. The van der Waals surface area contributed by atoms with Crippen LogP contribution < -0.4 is 10.6 Å². The fourth-order valence-electron chi connectivity index (χ4n) is 2.66. The molecule has 6 nitrogen and oxygen atoms in total. The number of urea groups is 1. The van der Waals surface area contributed by atoms with Gasteiger partial charge in [-0.2, -0.15) is 5.10 Å². The van der Waals surface area contributed by atoms with Gasteiger partial charge in [-0.1, -0.05) is 12.1 Å². The molecule has 2 aromatic heterocycles. The molecule has 0 saturated heterocycles. The van der Waals surface area contributed by atoms with Crippen molar-refractivity contribution in [1.82, 2.24) is 19.9 Å². The van der Waals surface area contributed by atoms with Gasteiger partial charge in [-0.15, -0.1) is 0 Å². The Hall–Kier alpha value is -2.96. The molecule has 4 rings (SSSR count). The molecule has 24 heavy (non-hydrogen) atoms. The van der Waals surface area contributed by atoms with Crippen LogP contribution in [0.15, 0.2) is 42.9 Å². The second-order valence-electron chi connectivity index (χ2n) is 5.88. The zero-order valence-electron chi connectivity index (χ0n) is 12.9. The Kier molecular flexibility index (Phi) is 3.60. The van der Waals surface area contributed by atoms with Crippen LogP contribution in [0.5, 0.6) is 0 Å². The molecule has 0 radical (unpaired) electrons. The van der Waals surface area contributed by atoms with Crippen LogP contribution in [0.2, 0.25) is 0 Å². The van der Waals surface area contributed by atoms with Crippen molar-refractivity contribution in [3.05, 3.63) is 59.8 Å². The second-order valence-corrected chi connectivity index (χ2v) is 5.88. The first-order valence-corrected chi connectivity index (χ1v) is 7.82. The van der Waals surface area contributed by atoms with Crippen molar-refractivity contribution < 1.29 is 9.18 Å². The fraction of sp³-hybridized carbons (Fsp3) is 0.235. The van der Waals surface area contributed by atoms with Crippen LogP contribution >= 0.6 is 0 Å². The maximum Gasteiger partial charge on any atom is 0.319 e.